The molecule has 3 rings (SSSR count). The van der Waals surface area contributed by atoms with E-state index in [0.29, 0.717) is 44.8 Å². The number of benzene rings is 1. The lowest BCUT2D eigenvalue weighted by Gasteiger charge is -2.31. The summed E-state index contributed by atoms with van der Waals surface area (Å²) in [5, 5.41) is 9.63. The number of hydrogen-bond acceptors (Lipinski definition) is 3. The molecule has 1 heterocycles. The van der Waals surface area contributed by atoms with Crippen molar-refractivity contribution in [1.29, 1.82) is 0 Å². The van der Waals surface area contributed by atoms with E-state index < -0.39 is 17.4 Å². The van der Waals surface area contributed by atoms with Crippen molar-refractivity contribution in [3.63, 3.8) is 0 Å². The van der Waals surface area contributed by atoms with E-state index >= 15 is 0 Å². The summed E-state index contributed by atoms with van der Waals surface area (Å²) >= 11 is 0. The number of carbonyl (C=O) groups excluding carboxylic acids is 2. The van der Waals surface area contributed by atoms with Crippen LogP contribution in [-0.4, -0.2) is 29.3 Å². The van der Waals surface area contributed by atoms with Gasteiger partial charge in [-0.2, -0.15) is 0 Å². The number of hydrogen-bond donors (Lipinski definition) is 1. The molecule has 1 amide bonds. The number of amides is 1. The first-order valence-corrected chi connectivity index (χ1v) is 8.22. The quantitative estimate of drug-likeness (QED) is 0.921. The van der Waals surface area contributed by atoms with Gasteiger partial charge in [0.1, 0.15) is 11.9 Å². The van der Waals surface area contributed by atoms with Crippen LogP contribution in [0.15, 0.2) is 24.3 Å². The third-order valence-electron chi connectivity index (χ3n) is 5.28. The van der Waals surface area contributed by atoms with Crippen LogP contribution >= 0.6 is 0 Å². The van der Waals surface area contributed by atoms with Crippen LogP contribution < -0.4 is 4.90 Å². The van der Waals surface area contributed by atoms with Gasteiger partial charge >= 0.3 is 0 Å². The third kappa shape index (κ3) is 2.95. The molecule has 1 aliphatic carbocycles. The van der Waals surface area contributed by atoms with Gasteiger partial charge in [0.05, 0.1) is 5.41 Å². The number of alkyl halides is 2. The largest absolute Gasteiger partial charge is 0.382 e. The smallest absolute Gasteiger partial charge is 0.274 e. The van der Waals surface area contributed by atoms with Gasteiger partial charge in [0.2, 0.25) is 5.91 Å². The van der Waals surface area contributed by atoms with Crippen LogP contribution in [-0.2, 0) is 9.59 Å². The zero-order chi connectivity index (χ0) is 17.5. The van der Waals surface area contributed by atoms with Crippen molar-refractivity contribution in [3.8, 4) is 0 Å². The van der Waals surface area contributed by atoms with E-state index in [2.05, 4.69) is 0 Å². The minimum atomic E-state index is -3.22. The zero-order valence-electron chi connectivity index (χ0n) is 13.6. The summed E-state index contributed by atoms with van der Waals surface area (Å²) in [6, 6.07) is 6.05. The van der Waals surface area contributed by atoms with Crippen LogP contribution in [0.2, 0.25) is 0 Å². The van der Waals surface area contributed by atoms with Gasteiger partial charge in [0.15, 0.2) is 0 Å². The topological polar surface area (TPSA) is 57.6 Å². The lowest BCUT2D eigenvalue weighted by molar-refractivity contribution is -0.130. The standard InChI is InChI=1S/C18H21F2NO3/c1-17(19,20)15(23)12-2-4-13(5-3-12)21-11-10-18(16(21)24)8-6-14(22)7-9-18/h2-5,15,23H,6-11H2,1H3. The summed E-state index contributed by atoms with van der Waals surface area (Å²) in [7, 11) is 0. The number of carbonyl (C=O) groups is 2. The molecule has 6 heteroatoms. The molecule has 1 unspecified atom stereocenters. The molecule has 1 atom stereocenters. The lowest BCUT2D eigenvalue weighted by atomic mass is 9.72. The Bertz CT molecular complexity index is 641. The number of halogens is 2. The molecule has 2 aliphatic rings. The lowest BCUT2D eigenvalue weighted by Crippen LogP contribution is -2.37. The summed E-state index contributed by atoms with van der Waals surface area (Å²) in [6.45, 7) is 1.24. The van der Waals surface area contributed by atoms with E-state index in [-0.39, 0.29) is 17.3 Å². The fraction of sp³-hybridized carbons (Fsp3) is 0.556. The van der Waals surface area contributed by atoms with Gasteiger partial charge in [-0.1, -0.05) is 12.1 Å². The predicted molar refractivity (Wildman–Crippen MR) is 84.9 cm³/mol. The first-order chi connectivity index (χ1) is 11.2. The summed E-state index contributed by atoms with van der Waals surface area (Å²) in [5.74, 6) is -2.99. The van der Waals surface area contributed by atoms with Gasteiger partial charge < -0.3 is 10.0 Å². The van der Waals surface area contributed by atoms with Crippen LogP contribution in [0.4, 0.5) is 14.5 Å². The predicted octanol–water partition coefficient (Wildman–Crippen LogP) is 3.24. The Hall–Kier alpha value is -1.82. The molecule has 0 aromatic heterocycles. The number of Topliss-reactive ketones (excluding diaryl/α,β-unsaturated/α-hetero) is 1. The molecule has 4 nitrogen and oxygen atoms in total. The highest BCUT2D eigenvalue weighted by atomic mass is 19.3. The second kappa shape index (κ2) is 5.92. The van der Waals surface area contributed by atoms with Crippen LogP contribution in [0.25, 0.3) is 0 Å². The van der Waals surface area contributed by atoms with Gasteiger partial charge in [-0.3, -0.25) is 9.59 Å². The molecule has 0 bridgehead atoms. The van der Waals surface area contributed by atoms with Crippen molar-refractivity contribution in [1.82, 2.24) is 0 Å². The van der Waals surface area contributed by atoms with Gasteiger partial charge in [-0.15, -0.1) is 0 Å². The molecule has 1 aliphatic heterocycles. The van der Waals surface area contributed by atoms with Gasteiger partial charge in [-0.25, -0.2) is 8.78 Å². The molecule has 24 heavy (non-hydrogen) atoms. The van der Waals surface area contributed by atoms with E-state index in [1.54, 1.807) is 17.0 Å². The van der Waals surface area contributed by atoms with Crippen molar-refractivity contribution in [2.24, 2.45) is 5.41 Å². The summed E-state index contributed by atoms with van der Waals surface area (Å²) < 4.78 is 26.4. The average Bonchev–Trinajstić information content (AvgIpc) is 2.86. The van der Waals surface area contributed by atoms with Crippen LogP contribution in [0.5, 0.6) is 0 Å². The van der Waals surface area contributed by atoms with E-state index in [9.17, 15) is 23.5 Å². The Labute approximate surface area is 139 Å². The third-order valence-corrected chi connectivity index (χ3v) is 5.28. The molecular weight excluding hydrogens is 316 g/mol. The number of anilines is 1. The SMILES string of the molecule is CC(F)(F)C(O)c1ccc(N2CCC3(CCC(=O)CC3)C2=O)cc1. The second-order valence-electron chi connectivity index (χ2n) is 6.98. The summed E-state index contributed by atoms with van der Waals surface area (Å²) in [5.41, 5.74) is 0.322. The van der Waals surface area contributed by atoms with E-state index in [0.717, 1.165) is 6.42 Å². The zero-order valence-corrected chi connectivity index (χ0v) is 13.6. The van der Waals surface area contributed by atoms with Crippen molar-refractivity contribution in [2.75, 3.05) is 11.4 Å². The number of aliphatic hydroxyl groups is 1. The Balaban J connectivity index is 1.76. The minimum Gasteiger partial charge on any atom is -0.382 e. The van der Waals surface area contributed by atoms with Crippen molar-refractivity contribution in [2.45, 2.75) is 51.1 Å². The molecule has 1 aromatic carbocycles. The first kappa shape index (κ1) is 17.0. The Morgan fingerprint density at radius 3 is 2.25 bits per heavy atom. The molecule has 1 spiro atoms. The molecule has 1 N–H and O–H groups in total. The maximum atomic E-state index is 13.2. The molecule has 1 aromatic rings. The van der Waals surface area contributed by atoms with Crippen molar-refractivity contribution in [3.05, 3.63) is 29.8 Å². The molecule has 2 fully saturated rings. The Morgan fingerprint density at radius 2 is 1.71 bits per heavy atom. The maximum absolute atomic E-state index is 13.2. The highest BCUT2D eigenvalue weighted by Crippen LogP contribution is 2.45. The monoisotopic (exact) mass is 337 g/mol. The normalized spacial score (nSPS) is 22.2. The molecule has 1 saturated heterocycles. The second-order valence-corrected chi connectivity index (χ2v) is 6.98. The number of aliphatic hydroxyl groups excluding tert-OH is 1. The van der Waals surface area contributed by atoms with E-state index in [4.69, 9.17) is 0 Å². The van der Waals surface area contributed by atoms with Gasteiger partial charge in [0.25, 0.3) is 5.92 Å². The Kier molecular flexibility index (Phi) is 4.20. The molecule has 1 saturated carbocycles. The summed E-state index contributed by atoms with van der Waals surface area (Å²) in [6.07, 6.45) is 0.958. The van der Waals surface area contributed by atoms with Gasteiger partial charge in [-0.05, 0) is 37.0 Å². The minimum absolute atomic E-state index is 0.0177. The van der Waals surface area contributed by atoms with Crippen molar-refractivity contribution < 1.29 is 23.5 Å². The van der Waals surface area contributed by atoms with Crippen molar-refractivity contribution >= 4 is 17.4 Å². The fourth-order valence-electron chi connectivity index (χ4n) is 3.67. The first-order valence-electron chi connectivity index (χ1n) is 8.22. The highest BCUT2D eigenvalue weighted by Gasteiger charge is 2.48. The average molecular weight is 337 g/mol. The number of rotatable bonds is 3. The molecular formula is C18H21F2NO3. The number of nitrogens with zero attached hydrogens (tertiary/aromatic N) is 1. The van der Waals surface area contributed by atoms with E-state index in [1.807, 2.05) is 0 Å². The van der Waals surface area contributed by atoms with E-state index in [1.165, 1.54) is 12.1 Å². The summed E-state index contributed by atoms with van der Waals surface area (Å²) in [4.78, 5) is 25.9. The van der Waals surface area contributed by atoms with Gasteiger partial charge in [0, 0.05) is 32.0 Å². The fourth-order valence-corrected chi connectivity index (χ4v) is 3.67. The van der Waals surface area contributed by atoms with Crippen LogP contribution in [0.1, 0.15) is 50.7 Å². The molecule has 130 valence electrons. The maximum Gasteiger partial charge on any atom is 0.274 e. The number of ketones is 1. The van der Waals surface area contributed by atoms with Crippen LogP contribution in [0, 0.1) is 5.41 Å². The molecule has 0 radical (unpaired) electrons. The highest BCUT2D eigenvalue weighted by molar-refractivity contribution is 6.01. The Morgan fingerprint density at radius 1 is 1.12 bits per heavy atom. The van der Waals surface area contributed by atoms with Crippen LogP contribution in [0.3, 0.4) is 0 Å².